The number of ether oxygens (including phenoxy) is 1. The minimum Gasteiger partial charge on any atom is -0.497 e. The number of aryl methyl sites for hydroxylation is 1. The molecule has 2 heteroatoms. The van der Waals surface area contributed by atoms with E-state index in [9.17, 15) is 5.11 Å². The normalized spacial score (nSPS) is 14.2. The van der Waals surface area contributed by atoms with Crippen LogP contribution in [0.3, 0.4) is 0 Å². The van der Waals surface area contributed by atoms with Gasteiger partial charge in [-0.3, -0.25) is 0 Å². The van der Waals surface area contributed by atoms with Gasteiger partial charge in [0.2, 0.25) is 0 Å². The van der Waals surface area contributed by atoms with Crippen LogP contribution >= 0.6 is 0 Å². The summed E-state index contributed by atoms with van der Waals surface area (Å²) in [6.45, 7) is 6.58. The van der Waals surface area contributed by atoms with Gasteiger partial charge in [0.25, 0.3) is 0 Å². The molecular formula is C31H30O2. The standard InChI is InChI=1S/C31H30O2/c1-5-23-24(6-2)28(20-13-11-19(3)12-14-20)30-29(25-9-7-8-10-26(25)31(30)32)27(23)21-15-17-22(33-4)18-16-21/h7-18,31-32H,5-6H2,1-4H3. The van der Waals surface area contributed by atoms with Gasteiger partial charge in [-0.1, -0.05) is 80.1 Å². The summed E-state index contributed by atoms with van der Waals surface area (Å²) in [6, 6.07) is 25.4. The van der Waals surface area contributed by atoms with E-state index in [4.69, 9.17) is 4.74 Å². The lowest BCUT2D eigenvalue weighted by atomic mass is 9.79. The van der Waals surface area contributed by atoms with E-state index in [-0.39, 0.29) is 0 Å². The van der Waals surface area contributed by atoms with E-state index in [0.717, 1.165) is 40.8 Å². The Labute approximate surface area is 196 Å². The minimum atomic E-state index is -0.638. The Balaban J connectivity index is 1.93. The zero-order valence-corrected chi connectivity index (χ0v) is 19.8. The molecular weight excluding hydrogens is 404 g/mol. The summed E-state index contributed by atoms with van der Waals surface area (Å²) in [5.41, 5.74) is 13.1. The van der Waals surface area contributed by atoms with Crippen molar-refractivity contribution >= 4 is 0 Å². The van der Waals surface area contributed by atoms with E-state index < -0.39 is 6.10 Å². The molecule has 0 amide bonds. The predicted octanol–water partition coefficient (Wildman–Crippen LogP) is 7.52. The molecule has 1 aliphatic carbocycles. The van der Waals surface area contributed by atoms with E-state index in [1.165, 1.54) is 38.9 Å². The van der Waals surface area contributed by atoms with Gasteiger partial charge in [0.1, 0.15) is 11.9 Å². The molecule has 1 unspecified atom stereocenters. The Hall–Kier alpha value is -3.36. The highest BCUT2D eigenvalue weighted by Gasteiger charge is 2.35. The van der Waals surface area contributed by atoms with Crippen LogP contribution in [0.2, 0.25) is 0 Å². The zero-order chi connectivity index (χ0) is 23.1. The van der Waals surface area contributed by atoms with Crippen molar-refractivity contribution in [2.75, 3.05) is 7.11 Å². The fourth-order valence-corrected chi connectivity index (χ4v) is 5.45. The van der Waals surface area contributed by atoms with Crippen LogP contribution < -0.4 is 4.74 Å². The number of aliphatic hydroxyl groups excluding tert-OH is 1. The minimum absolute atomic E-state index is 0.638. The first-order valence-corrected chi connectivity index (χ1v) is 11.8. The third kappa shape index (κ3) is 3.37. The van der Waals surface area contributed by atoms with Crippen molar-refractivity contribution in [1.29, 1.82) is 0 Å². The highest BCUT2D eigenvalue weighted by molar-refractivity contribution is 5.99. The lowest BCUT2D eigenvalue weighted by molar-refractivity contribution is 0.225. The molecule has 0 saturated heterocycles. The summed E-state index contributed by atoms with van der Waals surface area (Å²) in [7, 11) is 1.70. The van der Waals surface area contributed by atoms with Gasteiger partial charge in [0, 0.05) is 5.56 Å². The smallest absolute Gasteiger partial charge is 0.118 e. The maximum atomic E-state index is 11.6. The quantitative estimate of drug-likeness (QED) is 0.352. The topological polar surface area (TPSA) is 29.5 Å². The van der Waals surface area contributed by atoms with Gasteiger partial charge < -0.3 is 9.84 Å². The summed E-state index contributed by atoms with van der Waals surface area (Å²) in [5.74, 6) is 0.848. The molecule has 4 aromatic rings. The second kappa shape index (κ2) is 8.53. The van der Waals surface area contributed by atoms with Gasteiger partial charge in [-0.15, -0.1) is 0 Å². The van der Waals surface area contributed by atoms with E-state index in [0.29, 0.717) is 0 Å². The molecule has 1 atom stereocenters. The molecule has 0 heterocycles. The van der Waals surface area contributed by atoms with E-state index in [1.54, 1.807) is 7.11 Å². The van der Waals surface area contributed by atoms with E-state index >= 15 is 0 Å². The van der Waals surface area contributed by atoms with Crippen LogP contribution in [0.5, 0.6) is 5.75 Å². The van der Waals surface area contributed by atoms with Crippen LogP contribution in [-0.2, 0) is 12.8 Å². The number of rotatable bonds is 5. The van der Waals surface area contributed by atoms with Gasteiger partial charge >= 0.3 is 0 Å². The summed E-state index contributed by atoms with van der Waals surface area (Å²) in [6.07, 6.45) is 1.20. The molecule has 4 aromatic carbocycles. The fraction of sp³-hybridized carbons (Fsp3) is 0.226. The van der Waals surface area contributed by atoms with Crippen LogP contribution in [0.4, 0.5) is 0 Å². The van der Waals surface area contributed by atoms with Gasteiger partial charge in [-0.05, 0) is 82.0 Å². The average molecular weight is 435 g/mol. The molecule has 0 fully saturated rings. The Bertz CT molecular complexity index is 1310. The second-order valence-electron chi connectivity index (χ2n) is 8.79. The number of benzene rings is 4. The SMILES string of the molecule is CCc1c(CC)c(-c2ccc(C)cc2)c2c(c1-c1ccc(OC)cc1)-c1ccccc1C2O. The Morgan fingerprint density at radius 2 is 1.30 bits per heavy atom. The Kier molecular flexibility index (Phi) is 5.55. The summed E-state index contributed by atoms with van der Waals surface area (Å²) < 4.78 is 5.42. The molecule has 0 spiro atoms. The Morgan fingerprint density at radius 1 is 0.727 bits per heavy atom. The predicted molar refractivity (Wildman–Crippen MR) is 137 cm³/mol. The van der Waals surface area contributed by atoms with Gasteiger partial charge in [0.05, 0.1) is 7.11 Å². The maximum Gasteiger partial charge on any atom is 0.118 e. The monoisotopic (exact) mass is 434 g/mol. The van der Waals surface area contributed by atoms with E-state index in [2.05, 4.69) is 75.4 Å². The second-order valence-corrected chi connectivity index (χ2v) is 8.79. The summed E-state index contributed by atoms with van der Waals surface area (Å²) >= 11 is 0. The molecule has 0 bridgehead atoms. The first-order chi connectivity index (χ1) is 16.1. The molecule has 0 aromatic heterocycles. The van der Waals surface area contributed by atoms with Crippen LogP contribution in [0.15, 0.2) is 72.8 Å². The van der Waals surface area contributed by atoms with Crippen LogP contribution in [0, 0.1) is 6.92 Å². The van der Waals surface area contributed by atoms with Crippen LogP contribution in [0.1, 0.15) is 47.8 Å². The molecule has 166 valence electrons. The van der Waals surface area contributed by atoms with Gasteiger partial charge in [-0.25, -0.2) is 0 Å². The molecule has 0 saturated carbocycles. The van der Waals surface area contributed by atoms with Crippen molar-refractivity contribution in [2.24, 2.45) is 0 Å². The van der Waals surface area contributed by atoms with Crippen molar-refractivity contribution in [2.45, 2.75) is 39.7 Å². The molecule has 1 aliphatic rings. The summed E-state index contributed by atoms with van der Waals surface area (Å²) in [4.78, 5) is 0. The van der Waals surface area contributed by atoms with Crippen LogP contribution in [-0.4, -0.2) is 12.2 Å². The van der Waals surface area contributed by atoms with E-state index in [1.807, 2.05) is 18.2 Å². The third-order valence-electron chi connectivity index (χ3n) is 6.98. The molecule has 2 nitrogen and oxygen atoms in total. The molecule has 0 radical (unpaired) electrons. The van der Waals surface area contributed by atoms with Crippen molar-refractivity contribution < 1.29 is 9.84 Å². The van der Waals surface area contributed by atoms with Crippen molar-refractivity contribution in [3.8, 4) is 39.1 Å². The van der Waals surface area contributed by atoms with Gasteiger partial charge in [0.15, 0.2) is 0 Å². The van der Waals surface area contributed by atoms with Crippen molar-refractivity contribution in [3.63, 3.8) is 0 Å². The third-order valence-corrected chi connectivity index (χ3v) is 6.98. The number of aliphatic hydroxyl groups is 1. The lowest BCUT2D eigenvalue weighted by Crippen LogP contribution is -2.06. The molecule has 5 rings (SSSR count). The number of hydrogen-bond donors (Lipinski definition) is 1. The first kappa shape index (κ1) is 21.5. The van der Waals surface area contributed by atoms with Crippen molar-refractivity contribution in [3.05, 3.63) is 101 Å². The maximum absolute atomic E-state index is 11.6. The Morgan fingerprint density at radius 3 is 1.94 bits per heavy atom. The van der Waals surface area contributed by atoms with Gasteiger partial charge in [-0.2, -0.15) is 0 Å². The zero-order valence-electron chi connectivity index (χ0n) is 19.8. The molecule has 1 N–H and O–H groups in total. The number of fused-ring (bicyclic) bond motifs is 3. The molecule has 0 aliphatic heterocycles. The first-order valence-electron chi connectivity index (χ1n) is 11.8. The number of methoxy groups -OCH3 is 1. The molecule has 33 heavy (non-hydrogen) atoms. The van der Waals surface area contributed by atoms with Crippen LogP contribution in [0.25, 0.3) is 33.4 Å². The number of hydrogen-bond acceptors (Lipinski definition) is 2. The fourth-order valence-electron chi connectivity index (χ4n) is 5.45. The largest absolute Gasteiger partial charge is 0.497 e. The highest BCUT2D eigenvalue weighted by atomic mass is 16.5. The average Bonchev–Trinajstić information content (AvgIpc) is 3.15. The summed E-state index contributed by atoms with van der Waals surface area (Å²) in [5, 5.41) is 11.6. The van der Waals surface area contributed by atoms with Crippen molar-refractivity contribution in [1.82, 2.24) is 0 Å². The highest BCUT2D eigenvalue weighted by Crippen LogP contribution is 2.54. The lowest BCUT2D eigenvalue weighted by Gasteiger charge is -2.25.